The standard InChI is InChI=1S/C15H27N3O/c1-15(2)11-17(4)9-13(8-16-3)18(12-15)10-14-6-5-7-19-14/h5-7,13,16H,8-12H2,1-4H3. The molecule has 1 unspecified atom stereocenters. The fraction of sp³-hybridized carbons (Fsp3) is 0.733. The van der Waals surface area contributed by atoms with E-state index in [9.17, 15) is 0 Å². The molecule has 2 rings (SSSR count). The maximum atomic E-state index is 5.52. The van der Waals surface area contributed by atoms with E-state index in [2.05, 4.69) is 42.1 Å². The van der Waals surface area contributed by atoms with Crippen molar-refractivity contribution in [2.45, 2.75) is 26.4 Å². The third-order valence-corrected chi connectivity index (χ3v) is 3.75. The molecule has 4 nitrogen and oxygen atoms in total. The first kappa shape index (κ1) is 14.6. The van der Waals surface area contributed by atoms with Gasteiger partial charge in [-0.15, -0.1) is 0 Å². The van der Waals surface area contributed by atoms with Crippen LogP contribution in [0.4, 0.5) is 0 Å². The Kier molecular flexibility index (Phi) is 4.66. The van der Waals surface area contributed by atoms with Crippen LogP contribution in [0.5, 0.6) is 0 Å². The van der Waals surface area contributed by atoms with Crippen molar-refractivity contribution in [3.05, 3.63) is 24.2 Å². The summed E-state index contributed by atoms with van der Waals surface area (Å²) in [5, 5.41) is 3.32. The van der Waals surface area contributed by atoms with Gasteiger partial charge in [0, 0.05) is 32.2 Å². The van der Waals surface area contributed by atoms with Crippen LogP contribution in [0.1, 0.15) is 19.6 Å². The van der Waals surface area contributed by atoms with Crippen LogP contribution in [0.3, 0.4) is 0 Å². The van der Waals surface area contributed by atoms with Gasteiger partial charge in [-0.3, -0.25) is 4.90 Å². The largest absolute Gasteiger partial charge is 0.468 e. The lowest BCUT2D eigenvalue weighted by Gasteiger charge is -2.33. The van der Waals surface area contributed by atoms with Crippen LogP contribution in [0.2, 0.25) is 0 Å². The molecule has 19 heavy (non-hydrogen) atoms. The molecule has 1 aliphatic rings. The summed E-state index contributed by atoms with van der Waals surface area (Å²) >= 11 is 0. The Morgan fingerprint density at radius 3 is 2.84 bits per heavy atom. The molecular weight excluding hydrogens is 238 g/mol. The second kappa shape index (κ2) is 6.07. The maximum absolute atomic E-state index is 5.52. The highest BCUT2D eigenvalue weighted by molar-refractivity contribution is 5.00. The van der Waals surface area contributed by atoms with Gasteiger partial charge in [0.1, 0.15) is 5.76 Å². The zero-order valence-corrected chi connectivity index (χ0v) is 12.6. The number of furan rings is 1. The van der Waals surface area contributed by atoms with E-state index in [4.69, 9.17) is 4.42 Å². The lowest BCUT2D eigenvalue weighted by Crippen LogP contribution is -2.46. The summed E-state index contributed by atoms with van der Waals surface area (Å²) in [6, 6.07) is 4.57. The Hall–Kier alpha value is -0.840. The molecule has 1 aromatic rings. The van der Waals surface area contributed by atoms with E-state index in [1.807, 2.05) is 13.1 Å². The normalized spacial score (nSPS) is 25.4. The molecule has 4 heteroatoms. The first-order chi connectivity index (χ1) is 9.00. The third kappa shape index (κ3) is 4.06. The predicted molar refractivity (Wildman–Crippen MR) is 78.1 cm³/mol. The van der Waals surface area contributed by atoms with Gasteiger partial charge in [-0.05, 0) is 31.6 Å². The molecule has 0 aromatic carbocycles. The quantitative estimate of drug-likeness (QED) is 0.897. The SMILES string of the molecule is CNCC1CN(C)CC(C)(C)CN1Cc1ccco1. The minimum atomic E-state index is 0.309. The van der Waals surface area contributed by atoms with E-state index in [0.717, 1.165) is 38.5 Å². The van der Waals surface area contributed by atoms with Crippen molar-refractivity contribution in [1.29, 1.82) is 0 Å². The van der Waals surface area contributed by atoms with E-state index < -0.39 is 0 Å². The zero-order chi connectivity index (χ0) is 13.9. The summed E-state index contributed by atoms with van der Waals surface area (Å²) in [6.45, 7) is 9.95. The molecule has 1 aliphatic heterocycles. The van der Waals surface area contributed by atoms with Crippen LogP contribution in [-0.2, 0) is 6.54 Å². The summed E-state index contributed by atoms with van der Waals surface area (Å²) in [5.41, 5.74) is 0.309. The Bertz CT molecular complexity index is 375. The molecule has 2 heterocycles. The van der Waals surface area contributed by atoms with Crippen molar-refractivity contribution in [3.8, 4) is 0 Å². The summed E-state index contributed by atoms with van der Waals surface area (Å²) in [5.74, 6) is 1.06. The van der Waals surface area contributed by atoms with Crippen LogP contribution >= 0.6 is 0 Å². The maximum Gasteiger partial charge on any atom is 0.117 e. The molecule has 1 atom stereocenters. The molecule has 1 saturated heterocycles. The van der Waals surface area contributed by atoms with Gasteiger partial charge in [-0.1, -0.05) is 13.8 Å². The second-order valence-electron chi connectivity index (χ2n) is 6.56. The molecule has 0 amide bonds. The van der Waals surface area contributed by atoms with Gasteiger partial charge in [-0.2, -0.15) is 0 Å². The van der Waals surface area contributed by atoms with Gasteiger partial charge in [0.15, 0.2) is 0 Å². The molecule has 0 aliphatic carbocycles. The fourth-order valence-corrected chi connectivity index (χ4v) is 3.22. The van der Waals surface area contributed by atoms with Crippen LogP contribution in [-0.4, -0.2) is 56.1 Å². The lowest BCUT2D eigenvalue weighted by molar-refractivity contribution is 0.138. The highest BCUT2D eigenvalue weighted by Crippen LogP contribution is 2.25. The molecule has 1 N–H and O–H groups in total. The highest BCUT2D eigenvalue weighted by Gasteiger charge is 2.32. The Morgan fingerprint density at radius 1 is 1.42 bits per heavy atom. The molecule has 0 bridgehead atoms. The summed E-state index contributed by atoms with van der Waals surface area (Å²) in [7, 11) is 4.25. The van der Waals surface area contributed by atoms with Crippen molar-refractivity contribution in [2.24, 2.45) is 5.41 Å². The minimum absolute atomic E-state index is 0.309. The van der Waals surface area contributed by atoms with Gasteiger partial charge < -0.3 is 14.6 Å². The Labute approximate surface area is 116 Å². The molecule has 108 valence electrons. The van der Waals surface area contributed by atoms with E-state index in [1.165, 1.54) is 0 Å². The van der Waals surface area contributed by atoms with Gasteiger partial charge >= 0.3 is 0 Å². The van der Waals surface area contributed by atoms with Crippen molar-refractivity contribution in [1.82, 2.24) is 15.1 Å². The summed E-state index contributed by atoms with van der Waals surface area (Å²) in [4.78, 5) is 5.00. The summed E-state index contributed by atoms with van der Waals surface area (Å²) < 4.78 is 5.52. The third-order valence-electron chi connectivity index (χ3n) is 3.75. The number of nitrogens with zero attached hydrogens (tertiary/aromatic N) is 2. The molecule has 1 aromatic heterocycles. The second-order valence-corrected chi connectivity index (χ2v) is 6.56. The van der Waals surface area contributed by atoms with E-state index in [1.54, 1.807) is 6.26 Å². The monoisotopic (exact) mass is 265 g/mol. The number of rotatable bonds is 4. The topological polar surface area (TPSA) is 31.6 Å². The van der Waals surface area contributed by atoms with Crippen molar-refractivity contribution < 1.29 is 4.42 Å². The average molecular weight is 265 g/mol. The zero-order valence-electron chi connectivity index (χ0n) is 12.6. The molecule has 0 saturated carbocycles. The fourth-order valence-electron chi connectivity index (χ4n) is 3.22. The van der Waals surface area contributed by atoms with Crippen molar-refractivity contribution >= 4 is 0 Å². The van der Waals surface area contributed by atoms with Crippen molar-refractivity contribution in [3.63, 3.8) is 0 Å². The first-order valence-corrected chi connectivity index (χ1v) is 7.10. The molecule has 0 radical (unpaired) electrons. The predicted octanol–water partition coefficient (Wildman–Crippen LogP) is 1.64. The minimum Gasteiger partial charge on any atom is -0.468 e. The summed E-state index contributed by atoms with van der Waals surface area (Å²) in [6.07, 6.45) is 1.76. The smallest absolute Gasteiger partial charge is 0.117 e. The first-order valence-electron chi connectivity index (χ1n) is 7.10. The van der Waals surface area contributed by atoms with Crippen LogP contribution in [0.15, 0.2) is 22.8 Å². The molecule has 0 spiro atoms. The van der Waals surface area contributed by atoms with Gasteiger partial charge in [0.2, 0.25) is 0 Å². The number of nitrogens with one attached hydrogen (secondary N) is 1. The van der Waals surface area contributed by atoms with Gasteiger partial charge in [-0.25, -0.2) is 0 Å². The number of hydrogen-bond donors (Lipinski definition) is 1. The molecular formula is C15H27N3O. The van der Waals surface area contributed by atoms with Gasteiger partial charge in [0.25, 0.3) is 0 Å². The van der Waals surface area contributed by atoms with Crippen molar-refractivity contribution in [2.75, 3.05) is 40.3 Å². The lowest BCUT2D eigenvalue weighted by atomic mass is 9.92. The van der Waals surface area contributed by atoms with Crippen LogP contribution in [0, 0.1) is 5.41 Å². The van der Waals surface area contributed by atoms with E-state index in [0.29, 0.717) is 11.5 Å². The average Bonchev–Trinajstić information content (AvgIpc) is 2.75. The Balaban J connectivity index is 2.13. The van der Waals surface area contributed by atoms with E-state index >= 15 is 0 Å². The van der Waals surface area contributed by atoms with Crippen LogP contribution < -0.4 is 5.32 Å². The number of likely N-dealkylation sites (N-methyl/N-ethyl adjacent to an activating group) is 2. The number of hydrogen-bond acceptors (Lipinski definition) is 4. The Morgan fingerprint density at radius 2 is 2.21 bits per heavy atom. The van der Waals surface area contributed by atoms with E-state index in [-0.39, 0.29) is 0 Å². The van der Waals surface area contributed by atoms with Gasteiger partial charge in [0.05, 0.1) is 12.8 Å². The van der Waals surface area contributed by atoms with Crippen LogP contribution in [0.25, 0.3) is 0 Å². The highest BCUT2D eigenvalue weighted by atomic mass is 16.3. The molecule has 1 fully saturated rings.